The molecule has 2 amide bonds. The van der Waals surface area contributed by atoms with Gasteiger partial charge in [-0.15, -0.1) is 0 Å². The molecule has 1 atom stereocenters. The van der Waals surface area contributed by atoms with Crippen LogP contribution in [0.2, 0.25) is 0 Å². The van der Waals surface area contributed by atoms with Gasteiger partial charge in [0.2, 0.25) is 5.91 Å². The second-order valence-electron chi connectivity index (χ2n) is 6.96. The molecule has 1 saturated heterocycles. The number of rotatable bonds is 5. The molecule has 0 aliphatic carbocycles. The first-order chi connectivity index (χ1) is 11.7. The molecule has 1 aromatic carbocycles. The number of piperidine rings is 1. The maximum Gasteiger partial charge on any atom is 0.253 e. The van der Waals surface area contributed by atoms with Gasteiger partial charge in [-0.3, -0.25) is 9.59 Å². The molecule has 1 aliphatic rings. The Morgan fingerprint density at radius 3 is 2.68 bits per heavy atom. The SMILES string of the molecule is CC(C)C(=O)NC[C@H]1CCCN(C(=O)c2cccc(S(C)(=O)=O)c2)C1. The third-order valence-corrected chi connectivity index (χ3v) is 5.51. The van der Waals surface area contributed by atoms with Gasteiger partial charge in [0.15, 0.2) is 9.84 Å². The van der Waals surface area contributed by atoms with Crippen LogP contribution in [0.25, 0.3) is 0 Å². The largest absolute Gasteiger partial charge is 0.356 e. The number of nitrogens with zero attached hydrogens (tertiary/aromatic N) is 1. The van der Waals surface area contributed by atoms with Gasteiger partial charge in [0.25, 0.3) is 5.91 Å². The monoisotopic (exact) mass is 366 g/mol. The van der Waals surface area contributed by atoms with E-state index in [2.05, 4.69) is 5.32 Å². The van der Waals surface area contributed by atoms with Crippen molar-refractivity contribution in [3.8, 4) is 0 Å². The summed E-state index contributed by atoms with van der Waals surface area (Å²) in [6.45, 7) is 5.47. The second kappa shape index (κ2) is 7.99. The summed E-state index contributed by atoms with van der Waals surface area (Å²) in [6, 6.07) is 6.16. The Bertz CT molecular complexity index is 743. The van der Waals surface area contributed by atoms with Crippen LogP contribution in [-0.2, 0) is 14.6 Å². The Balaban J connectivity index is 2.03. The van der Waals surface area contributed by atoms with E-state index in [0.29, 0.717) is 25.2 Å². The van der Waals surface area contributed by atoms with Crippen molar-refractivity contribution in [2.45, 2.75) is 31.6 Å². The lowest BCUT2D eigenvalue weighted by Gasteiger charge is -2.33. The number of nitrogens with one attached hydrogen (secondary N) is 1. The first-order valence-electron chi connectivity index (χ1n) is 8.55. The van der Waals surface area contributed by atoms with Crippen molar-refractivity contribution in [1.29, 1.82) is 0 Å². The summed E-state index contributed by atoms with van der Waals surface area (Å²) in [5.41, 5.74) is 0.384. The van der Waals surface area contributed by atoms with Crippen molar-refractivity contribution in [2.75, 3.05) is 25.9 Å². The van der Waals surface area contributed by atoms with E-state index in [9.17, 15) is 18.0 Å². The lowest BCUT2D eigenvalue weighted by atomic mass is 9.97. The molecule has 0 spiro atoms. The van der Waals surface area contributed by atoms with Crippen molar-refractivity contribution in [1.82, 2.24) is 10.2 Å². The minimum Gasteiger partial charge on any atom is -0.356 e. The molecule has 1 fully saturated rings. The van der Waals surface area contributed by atoms with Crippen LogP contribution >= 0.6 is 0 Å². The van der Waals surface area contributed by atoms with E-state index in [1.165, 1.54) is 12.1 Å². The molecule has 0 saturated carbocycles. The average Bonchev–Trinajstić information content (AvgIpc) is 2.58. The van der Waals surface area contributed by atoms with Crippen LogP contribution < -0.4 is 5.32 Å². The van der Waals surface area contributed by atoms with Crippen LogP contribution in [0.5, 0.6) is 0 Å². The highest BCUT2D eigenvalue weighted by Crippen LogP contribution is 2.20. The Labute approximate surface area is 149 Å². The summed E-state index contributed by atoms with van der Waals surface area (Å²) in [5.74, 6) is 0.0215. The number of benzene rings is 1. The van der Waals surface area contributed by atoms with Gasteiger partial charge in [0, 0.05) is 37.4 Å². The standard InChI is InChI=1S/C18H26N2O4S/c1-13(2)17(21)19-11-14-6-5-9-20(12-14)18(22)15-7-4-8-16(10-15)25(3,23)24/h4,7-8,10,13-14H,5-6,9,11-12H2,1-3H3,(H,19,21)/t14-/m1/s1. The Kier molecular flexibility index (Phi) is 6.21. The molecule has 0 bridgehead atoms. The predicted octanol–water partition coefficient (Wildman–Crippen LogP) is 1.71. The number of carbonyl (C=O) groups is 2. The molecule has 0 aromatic heterocycles. The summed E-state index contributed by atoms with van der Waals surface area (Å²) >= 11 is 0. The minimum atomic E-state index is -3.34. The van der Waals surface area contributed by atoms with Crippen molar-refractivity contribution in [2.24, 2.45) is 11.8 Å². The summed E-state index contributed by atoms with van der Waals surface area (Å²) < 4.78 is 23.3. The minimum absolute atomic E-state index is 0.0179. The fourth-order valence-corrected chi connectivity index (χ4v) is 3.57. The predicted molar refractivity (Wildman–Crippen MR) is 96.0 cm³/mol. The van der Waals surface area contributed by atoms with Gasteiger partial charge >= 0.3 is 0 Å². The van der Waals surface area contributed by atoms with Gasteiger partial charge in [-0.1, -0.05) is 19.9 Å². The normalized spacial score (nSPS) is 18.2. The van der Waals surface area contributed by atoms with E-state index < -0.39 is 9.84 Å². The van der Waals surface area contributed by atoms with Crippen LogP contribution in [0.15, 0.2) is 29.2 Å². The molecule has 1 heterocycles. The van der Waals surface area contributed by atoms with Crippen LogP contribution in [0.4, 0.5) is 0 Å². The molecule has 7 heteroatoms. The number of carbonyl (C=O) groups excluding carboxylic acids is 2. The molecule has 2 rings (SSSR count). The molecule has 25 heavy (non-hydrogen) atoms. The van der Waals surface area contributed by atoms with Crippen molar-refractivity contribution >= 4 is 21.7 Å². The van der Waals surface area contributed by atoms with Gasteiger partial charge < -0.3 is 10.2 Å². The summed E-state index contributed by atoms with van der Waals surface area (Å²) in [7, 11) is -3.34. The Hall–Kier alpha value is -1.89. The smallest absolute Gasteiger partial charge is 0.253 e. The van der Waals surface area contributed by atoms with Crippen LogP contribution in [0.1, 0.15) is 37.0 Å². The topological polar surface area (TPSA) is 83.6 Å². The number of amides is 2. The van der Waals surface area contributed by atoms with Gasteiger partial charge in [-0.05, 0) is 37.0 Å². The molecule has 0 radical (unpaired) electrons. The highest BCUT2D eigenvalue weighted by Gasteiger charge is 2.25. The first kappa shape index (κ1) is 19.4. The molecule has 6 nitrogen and oxygen atoms in total. The highest BCUT2D eigenvalue weighted by molar-refractivity contribution is 7.90. The average molecular weight is 366 g/mol. The van der Waals surface area contributed by atoms with E-state index in [1.807, 2.05) is 13.8 Å². The molecule has 0 unspecified atom stereocenters. The second-order valence-corrected chi connectivity index (χ2v) is 8.98. The number of hydrogen-bond acceptors (Lipinski definition) is 4. The lowest BCUT2D eigenvalue weighted by Crippen LogP contribution is -2.44. The highest BCUT2D eigenvalue weighted by atomic mass is 32.2. The number of likely N-dealkylation sites (tertiary alicyclic amines) is 1. The summed E-state index contributed by atoms with van der Waals surface area (Å²) in [5, 5.41) is 2.92. The van der Waals surface area contributed by atoms with Crippen molar-refractivity contribution in [3.63, 3.8) is 0 Å². The van der Waals surface area contributed by atoms with E-state index in [-0.39, 0.29) is 28.5 Å². The molecule has 138 valence electrons. The summed E-state index contributed by atoms with van der Waals surface area (Å²) in [4.78, 5) is 26.3. The Morgan fingerprint density at radius 1 is 1.32 bits per heavy atom. The zero-order valence-electron chi connectivity index (χ0n) is 15.0. The fraction of sp³-hybridized carbons (Fsp3) is 0.556. The van der Waals surface area contributed by atoms with E-state index in [0.717, 1.165) is 19.1 Å². The van der Waals surface area contributed by atoms with Gasteiger partial charge in [-0.25, -0.2) is 8.42 Å². The molecular formula is C18H26N2O4S. The lowest BCUT2D eigenvalue weighted by molar-refractivity contribution is -0.124. The van der Waals surface area contributed by atoms with Gasteiger partial charge in [0.1, 0.15) is 0 Å². The third-order valence-electron chi connectivity index (χ3n) is 4.40. The Morgan fingerprint density at radius 2 is 2.04 bits per heavy atom. The van der Waals surface area contributed by atoms with Crippen LogP contribution in [0.3, 0.4) is 0 Å². The zero-order chi connectivity index (χ0) is 18.6. The maximum absolute atomic E-state index is 12.7. The van der Waals surface area contributed by atoms with Crippen LogP contribution in [-0.4, -0.2) is 51.0 Å². The molecular weight excluding hydrogens is 340 g/mol. The first-order valence-corrected chi connectivity index (χ1v) is 10.4. The quantitative estimate of drug-likeness (QED) is 0.860. The number of hydrogen-bond donors (Lipinski definition) is 1. The van der Waals surface area contributed by atoms with Gasteiger partial charge in [-0.2, -0.15) is 0 Å². The molecule has 1 aromatic rings. The van der Waals surface area contributed by atoms with Crippen LogP contribution in [0, 0.1) is 11.8 Å². The molecule has 1 aliphatic heterocycles. The van der Waals surface area contributed by atoms with E-state index in [1.54, 1.807) is 17.0 Å². The summed E-state index contributed by atoms with van der Waals surface area (Å²) in [6.07, 6.45) is 2.97. The van der Waals surface area contributed by atoms with Gasteiger partial charge in [0.05, 0.1) is 4.90 Å². The zero-order valence-corrected chi connectivity index (χ0v) is 15.8. The van der Waals surface area contributed by atoms with E-state index in [4.69, 9.17) is 0 Å². The van der Waals surface area contributed by atoms with Crippen molar-refractivity contribution in [3.05, 3.63) is 29.8 Å². The molecule has 1 N–H and O–H groups in total. The van der Waals surface area contributed by atoms with E-state index >= 15 is 0 Å². The fourth-order valence-electron chi connectivity index (χ4n) is 2.91. The maximum atomic E-state index is 12.7. The third kappa shape index (κ3) is 5.29. The number of sulfone groups is 1. The van der Waals surface area contributed by atoms with Crippen molar-refractivity contribution < 1.29 is 18.0 Å².